The number of aryl methyl sites for hydroxylation is 1. The van der Waals surface area contributed by atoms with Gasteiger partial charge >= 0.3 is 0 Å². The van der Waals surface area contributed by atoms with E-state index in [0.717, 1.165) is 21.1 Å². The summed E-state index contributed by atoms with van der Waals surface area (Å²) in [5.41, 5.74) is 2.76. The van der Waals surface area contributed by atoms with Gasteiger partial charge < -0.3 is 5.32 Å². The summed E-state index contributed by atoms with van der Waals surface area (Å²) in [6.07, 6.45) is 1.16. The van der Waals surface area contributed by atoms with Gasteiger partial charge in [-0.25, -0.2) is 8.42 Å². The second-order valence-corrected chi connectivity index (χ2v) is 8.54. The molecule has 5 nitrogen and oxygen atoms in total. The highest BCUT2D eigenvalue weighted by molar-refractivity contribution is 14.1. The van der Waals surface area contributed by atoms with Gasteiger partial charge in [-0.05, 0) is 84.5 Å². The fourth-order valence-electron chi connectivity index (χ4n) is 2.35. The Kier molecular flexibility index (Phi) is 5.87. The summed E-state index contributed by atoms with van der Waals surface area (Å²) < 4.78 is 25.9. The van der Waals surface area contributed by atoms with E-state index in [2.05, 4.69) is 27.9 Å². The number of hydrogen-bond donors (Lipinski definition) is 1. The zero-order valence-corrected chi connectivity index (χ0v) is 16.7. The monoisotopic (exact) mass is 458 g/mol. The van der Waals surface area contributed by atoms with Crippen molar-refractivity contribution in [3.63, 3.8) is 0 Å². The first-order valence-electron chi connectivity index (χ1n) is 7.37. The van der Waals surface area contributed by atoms with Crippen LogP contribution in [0.25, 0.3) is 0 Å². The molecule has 0 saturated heterocycles. The van der Waals surface area contributed by atoms with E-state index in [1.54, 1.807) is 31.2 Å². The number of rotatable bonds is 5. The second-order valence-electron chi connectivity index (χ2n) is 5.39. The number of carbonyl (C=O) groups excluding carboxylic acids is 1. The van der Waals surface area contributed by atoms with Crippen LogP contribution in [0.1, 0.15) is 22.8 Å². The molecule has 0 aliphatic carbocycles. The van der Waals surface area contributed by atoms with Gasteiger partial charge in [0.05, 0.1) is 11.9 Å². The molecule has 0 fully saturated rings. The Morgan fingerprint density at radius 2 is 1.79 bits per heavy atom. The van der Waals surface area contributed by atoms with Crippen molar-refractivity contribution in [2.75, 3.05) is 22.4 Å². The molecular formula is C17H19IN2O3S. The molecule has 2 aromatic rings. The molecule has 0 atom stereocenters. The number of nitrogens with zero attached hydrogens (tertiary/aromatic N) is 1. The summed E-state index contributed by atoms with van der Waals surface area (Å²) in [5, 5.41) is 2.87. The Morgan fingerprint density at radius 3 is 2.29 bits per heavy atom. The molecule has 128 valence electrons. The molecule has 0 radical (unpaired) electrons. The Hall–Kier alpha value is -1.61. The van der Waals surface area contributed by atoms with E-state index in [0.29, 0.717) is 17.8 Å². The number of nitrogens with one attached hydrogen (secondary N) is 1. The van der Waals surface area contributed by atoms with Crippen molar-refractivity contribution in [1.29, 1.82) is 0 Å². The van der Waals surface area contributed by atoms with Gasteiger partial charge in [-0.2, -0.15) is 0 Å². The minimum Gasteiger partial charge on any atom is -0.322 e. The Labute approximate surface area is 156 Å². The van der Waals surface area contributed by atoms with E-state index in [4.69, 9.17) is 0 Å². The fraction of sp³-hybridized carbons (Fsp3) is 0.235. The lowest BCUT2D eigenvalue weighted by molar-refractivity contribution is 0.102. The van der Waals surface area contributed by atoms with Gasteiger partial charge in [0, 0.05) is 21.4 Å². The maximum Gasteiger partial charge on any atom is 0.255 e. The summed E-state index contributed by atoms with van der Waals surface area (Å²) in [5.74, 6) is -0.228. The van der Waals surface area contributed by atoms with Crippen molar-refractivity contribution in [2.45, 2.75) is 13.8 Å². The number of amides is 1. The van der Waals surface area contributed by atoms with Crippen LogP contribution in [0.4, 0.5) is 11.4 Å². The quantitative estimate of drug-likeness (QED) is 0.696. The highest BCUT2D eigenvalue weighted by atomic mass is 127. The van der Waals surface area contributed by atoms with Crippen LogP contribution in [-0.2, 0) is 10.0 Å². The lowest BCUT2D eigenvalue weighted by Crippen LogP contribution is -2.29. The van der Waals surface area contributed by atoms with E-state index in [1.165, 1.54) is 4.31 Å². The molecule has 7 heteroatoms. The van der Waals surface area contributed by atoms with Crippen molar-refractivity contribution in [3.8, 4) is 0 Å². The molecular weight excluding hydrogens is 439 g/mol. The zero-order valence-electron chi connectivity index (χ0n) is 13.7. The van der Waals surface area contributed by atoms with Crippen molar-refractivity contribution in [2.24, 2.45) is 0 Å². The van der Waals surface area contributed by atoms with Crippen molar-refractivity contribution >= 4 is 49.9 Å². The molecule has 1 N–H and O–H groups in total. The van der Waals surface area contributed by atoms with Gasteiger partial charge in [0.25, 0.3) is 5.91 Å². The van der Waals surface area contributed by atoms with Crippen LogP contribution in [0.3, 0.4) is 0 Å². The first kappa shape index (κ1) is 18.7. The van der Waals surface area contributed by atoms with Gasteiger partial charge in [0.1, 0.15) is 0 Å². The molecule has 0 unspecified atom stereocenters. The smallest absolute Gasteiger partial charge is 0.255 e. The van der Waals surface area contributed by atoms with E-state index < -0.39 is 10.0 Å². The topological polar surface area (TPSA) is 66.5 Å². The van der Waals surface area contributed by atoms with Crippen LogP contribution in [0, 0.1) is 10.5 Å². The van der Waals surface area contributed by atoms with Crippen LogP contribution in [0.15, 0.2) is 42.5 Å². The third kappa shape index (κ3) is 4.47. The number of sulfonamides is 1. The highest BCUT2D eigenvalue weighted by Crippen LogP contribution is 2.21. The molecule has 1 amide bonds. The molecule has 24 heavy (non-hydrogen) atoms. The van der Waals surface area contributed by atoms with Crippen LogP contribution in [0.2, 0.25) is 0 Å². The normalized spacial score (nSPS) is 11.2. The third-order valence-electron chi connectivity index (χ3n) is 3.54. The first-order valence-corrected chi connectivity index (χ1v) is 10.3. The maximum atomic E-state index is 12.4. The van der Waals surface area contributed by atoms with E-state index in [-0.39, 0.29) is 5.91 Å². The lowest BCUT2D eigenvalue weighted by Gasteiger charge is -2.20. The lowest BCUT2D eigenvalue weighted by atomic mass is 10.1. The van der Waals surface area contributed by atoms with Crippen LogP contribution < -0.4 is 9.62 Å². The van der Waals surface area contributed by atoms with Gasteiger partial charge in [-0.3, -0.25) is 9.10 Å². The summed E-state index contributed by atoms with van der Waals surface area (Å²) in [6.45, 7) is 4.04. The molecule has 0 aromatic heterocycles. The minimum atomic E-state index is -3.33. The van der Waals surface area contributed by atoms with Crippen molar-refractivity contribution in [3.05, 3.63) is 57.2 Å². The predicted octanol–water partition coefficient (Wildman–Crippen LogP) is 3.64. The fourth-order valence-corrected chi connectivity index (χ4v) is 3.97. The number of halogens is 1. The number of benzene rings is 2. The number of anilines is 2. The summed E-state index contributed by atoms with van der Waals surface area (Å²) in [6, 6.07) is 12.3. The average molecular weight is 458 g/mol. The second kappa shape index (κ2) is 7.52. The first-order chi connectivity index (χ1) is 11.2. The molecule has 0 aliphatic rings. The van der Waals surface area contributed by atoms with Gasteiger partial charge in [-0.15, -0.1) is 0 Å². The SMILES string of the molecule is CCN(c1ccc(C(=O)Nc2ccc(I)cc2C)cc1)S(C)(=O)=O. The van der Waals surface area contributed by atoms with Gasteiger partial charge in [0.2, 0.25) is 10.0 Å². The largest absolute Gasteiger partial charge is 0.322 e. The Balaban J connectivity index is 2.19. The van der Waals surface area contributed by atoms with Gasteiger partial charge in [-0.1, -0.05) is 0 Å². The molecule has 0 saturated carbocycles. The molecule has 0 heterocycles. The molecule has 0 aliphatic heterocycles. The van der Waals surface area contributed by atoms with E-state index in [9.17, 15) is 13.2 Å². The number of hydrogen-bond acceptors (Lipinski definition) is 3. The zero-order chi connectivity index (χ0) is 17.9. The predicted molar refractivity (Wildman–Crippen MR) is 106 cm³/mol. The van der Waals surface area contributed by atoms with Crippen LogP contribution >= 0.6 is 22.6 Å². The van der Waals surface area contributed by atoms with Crippen LogP contribution in [-0.4, -0.2) is 27.1 Å². The van der Waals surface area contributed by atoms with Crippen molar-refractivity contribution in [1.82, 2.24) is 0 Å². The maximum absolute atomic E-state index is 12.4. The highest BCUT2D eigenvalue weighted by Gasteiger charge is 2.16. The Morgan fingerprint density at radius 1 is 1.17 bits per heavy atom. The Bertz CT molecular complexity index is 849. The standard InChI is InChI=1S/C17H19IN2O3S/c1-4-20(24(3,22)23)15-8-5-13(6-9-15)17(21)19-16-10-7-14(18)11-12(16)2/h5-11H,4H2,1-3H3,(H,19,21). The van der Waals surface area contributed by atoms with E-state index in [1.807, 2.05) is 25.1 Å². The molecule has 0 bridgehead atoms. The van der Waals surface area contributed by atoms with E-state index >= 15 is 0 Å². The van der Waals surface area contributed by atoms with Crippen LogP contribution in [0.5, 0.6) is 0 Å². The summed E-state index contributed by atoms with van der Waals surface area (Å²) in [4.78, 5) is 12.4. The average Bonchev–Trinajstić information content (AvgIpc) is 2.50. The molecule has 2 aromatic carbocycles. The minimum absolute atomic E-state index is 0.228. The third-order valence-corrected chi connectivity index (χ3v) is 5.48. The summed E-state index contributed by atoms with van der Waals surface area (Å²) >= 11 is 2.22. The molecule has 2 rings (SSSR count). The van der Waals surface area contributed by atoms with Gasteiger partial charge in [0.15, 0.2) is 0 Å². The number of carbonyl (C=O) groups is 1. The summed E-state index contributed by atoms with van der Waals surface area (Å²) in [7, 11) is -3.33. The van der Waals surface area contributed by atoms with Crippen molar-refractivity contribution < 1.29 is 13.2 Å². The molecule has 0 spiro atoms.